The van der Waals surface area contributed by atoms with E-state index in [1.807, 2.05) is 6.07 Å². The van der Waals surface area contributed by atoms with Crippen LogP contribution in [0.25, 0.3) is 10.9 Å². The lowest BCUT2D eigenvalue weighted by Crippen LogP contribution is -2.40. The Balaban J connectivity index is 0.00000121. The van der Waals surface area contributed by atoms with Crippen molar-refractivity contribution in [1.29, 1.82) is 0 Å². The molecule has 2 aromatic rings. The number of fused-ring (bicyclic) bond motifs is 1. The first-order valence-electron chi connectivity index (χ1n) is 7.03. The summed E-state index contributed by atoms with van der Waals surface area (Å²) < 4.78 is 0. The van der Waals surface area contributed by atoms with Gasteiger partial charge >= 0.3 is 0 Å². The highest BCUT2D eigenvalue weighted by Gasteiger charge is 2.23. The average Bonchev–Trinajstić information content (AvgIpc) is 3.07. The van der Waals surface area contributed by atoms with Gasteiger partial charge in [-0.15, -0.1) is 24.8 Å². The molecule has 0 bridgehead atoms. The Morgan fingerprint density at radius 1 is 1.36 bits per heavy atom. The number of aromatic nitrogens is 1. The van der Waals surface area contributed by atoms with E-state index in [1.165, 1.54) is 16.5 Å². The van der Waals surface area contributed by atoms with Crippen LogP contribution in [0.3, 0.4) is 0 Å². The van der Waals surface area contributed by atoms with Gasteiger partial charge in [0.2, 0.25) is 5.91 Å². The molecule has 0 radical (unpaired) electrons. The molecule has 1 atom stereocenters. The SMILES string of the molecule is Cl.Cl.NCC(=O)NC1CCN(Cc2c[nH]c3ccccc23)C1. The minimum absolute atomic E-state index is 0. The maximum absolute atomic E-state index is 11.3. The maximum Gasteiger partial charge on any atom is 0.233 e. The van der Waals surface area contributed by atoms with Crippen LogP contribution in [0.4, 0.5) is 0 Å². The van der Waals surface area contributed by atoms with Gasteiger partial charge in [0.05, 0.1) is 6.54 Å². The van der Waals surface area contributed by atoms with Crippen LogP contribution in [0, 0.1) is 0 Å². The highest BCUT2D eigenvalue weighted by atomic mass is 35.5. The van der Waals surface area contributed by atoms with E-state index >= 15 is 0 Å². The number of aromatic amines is 1. The van der Waals surface area contributed by atoms with Crippen molar-refractivity contribution in [3.8, 4) is 0 Å². The van der Waals surface area contributed by atoms with Gasteiger partial charge in [-0.3, -0.25) is 9.69 Å². The molecule has 22 heavy (non-hydrogen) atoms. The molecule has 1 aliphatic heterocycles. The van der Waals surface area contributed by atoms with E-state index in [0.29, 0.717) is 0 Å². The summed E-state index contributed by atoms with van der Waals surface area (Å²) in [4.78, 5) is 17.0. The lowest BCUT2D eigenvalue weighted by molar-refractivity contribution is -0.120. The fourth-order valence-corrected chi connectivity index (χ4v) is 2.88. The Hall–Kier alpha value is -1.27. The van der Waals surface area contributed by atoms with Gasteiger partial charge in [0.25, 0.3) is 0 Å². The van der Waals surface area contributed by atoms with Gasteiger partial charge in [0.1, 0.15) is 0 Å². The summed E-state index contributed by atoms with van der Waals surface area (Å²) in [5.74, 6) is -0.0658. The predicted molar refractivity (Wildman–Crippen MR) is 93.7 cm³/mol. The molecule has 1 unspecified atom stereocenters. The molecule has 0 aliphatic carbocycles. The molecule has 2 heterocycles. The van der Waals surface area contributed by atoms with Crippen LogP contribution in [0.2, 0.25) is 0 Å². The lowest BCUT2D eigenvalue weighted by Gasteiger charge is -2.16. The third kappa shape index (κ3) is 4.14. The molecule has 0 saturated carbocycles. The second kappa shape index (κ2) is 8.39. The van der Waals surface area contributed by atoms with Gasteiger partial charge < -0.3 is 16.0 Å². The molecule has 1 aromatic heterocycles. The molecule has 1 aromatic carbocycles. The number of nitrogens with zero attached hydrogens (tertiary/aromatic N) is 1. The minimum Gasteiger partial charge on any atom is -0.361 e. The first-order valence-corrected chi connectivity index (χ1v) is 7.03. The fourth-order valence-electron chi connectivity index (χ4n) is 2.88. The topological polar surface area (TPSA) is 74.2 Å². The molecule has 0 spiro atoms. The molecular formula is C15H22Cl2N4O. The summed E-state index contributed by atoms with van der Waals surface area (Å²) in [6.07, 6.45) is 3.07. The van der Waals surface area contributed by atoms with Gasteiger partial charge in [-0.1, -0.05) is 18.2 Å². The first kappa shape index (κ1) is 18.8. The largest absolute Gasteiger partial charge is 0.361 e. The van der Waals surface area contributed by atoms with Crippen LogP contribution in [-0.4, -0.2) is 41.5 Å². The summed E-state index contributed by atoms with van der Waals surface area (Å²) in [6.45, 7) is 2.89. The zero-order chi connectivity index (χ0) is 13.9. The van der Waals surface area contributed by atoms with Gasteiger partial charge in [0.15, 0.2) is 0 Å². The van der Waals surface area contributed by atoms with E-state index in [2.05, 4.69) is 39.6 Å². The summed E-state index contributed by atoms with van der Waals surface area (Å²) in [5, 5.41) is 4.24. The van der Waals surface area contributed by atoms with Crippen molar-refractivity contribution in [2.45, 2.75) is 19.0 Å². The molecule has 1 fully saturated rings. The zero-order valence-electron chi connectivity index (χ0n) is 12.2. The summed E-state index contributed by atoms with van der Waals surface area (Å²) in [6, 6.07) is 8.57. The highest BCUT2D eigenvalue weighted by Crippen LogP contribution is 2.21. The second-order valence-corrected chi connectivity index (χ2v) is 5.35. The number of hydrogen-bond acceptors (Lipinski definition) is 3. The Morgan fingerprint density at radius 2 is 2.14 bits per heavy atom. The van der Waals surface area contributed by atoms with E-state index in [4.69, 9.17) is 5.73 Å². The van der Waals surface area contributed by atoms with Gasteiger partial charge in [-0.05, 0) is 18.1 Å². The Labute approximate surface area is 142 Å². The smallest absolute Gasteiger partial charge is 0.233 e. The highest BCUT2D eigenvalue weighted by molar-refractivity contribution is 5.85. The Morgan fingerprint density at radius 3 is 2.91 bits per heavy atom. The van der Waals surface area contributed by atoms with Crippen molar-refractivity contribution in [2.24, 2.45) is 5.73 Å². The molecule has 1 aliphatic rings. The number of likely N-dealkylation sites (tertiary alicyclic amines) is 1. The maximum atomic E-state index is 11.3. The number of nitrogens with one attached hydrogen (secondary N) is 2. The molecular weight excluding hydrogens is 323 g/mol. The van der Waals surface area contributed by atoms with E-state index in [0.717, 1.165) is 26.1 Å². The number of para-hydroxylation sites is 1. The molecule has 122 valence electrons. The number of rotatable bonds is 4. The van der Waals surface area contributed by atoms with Crippen LogP contribution in [0.1, 0.15) is 12.0 Å². The standard InChI is InChI=1S/C15H20N4O.2ClH/c16-7-15(20)18-12-5-6-19(10-12)9-11-8-17-14-4-2-1-3-13(11)14;;/h1-4,8,12,17H,5-7,9-10,16H2,(H,18,20);2*1H. The quantitative estimate of drug-likeness (QED) is 0.789. The van der Waals surface area contributed by atoms with Crippen molar-refractivity contribution < 1.29 is 4.79 Å². The van der Waals surface area contributed by atoms with Crippen molar-refractivity contribution >= 4 is 41.6 Å². The number of nitrogens with two attached hydrogens (primary N) is 1. The molecule has 4 N–H and O–H groups in total. The first-order chi connectivity index (χ1) is 9.76. The van der Waals surface area contributed by atoms with Crippen LogP contribution in [-0.2, 0) is 11.3 Å². The molecule has 5 nitrogen and oxygen atoms in total. The number of amides is 1. The summed E-state index contributed by atoms with van der Waals surface area (Å²) >= 11 is 0. The Bertz CT molecular complexity index is 616. The van der Waals surface area contributed by atoms with Crippen molar-refractivity contribution in [2.75, 3.05) is 19.6 Å². The molecule has 1 saturated heterocycles. The lowest BCUT2D eigenvalue weighted by atomic mass is 10.1. The van der Waals surface area contributed by atoms with Crippen molar-refractivity contribution in [1.82, 2.24) is 15.2 Å². The van der Waals surface area contributed by atoms with Crippen LogP contribution >= 0.6 is 24.8 Å². The van der Waals surface area contributed by atoms with Crippen LogP contribution < -0.4 is 11.1 Å². The van der Waals surface area contributed by atoms with Crippen LogP contribution in [0.5, 0.6) is 0 Å². The van der Waals surface area contributed by atoms with Gasteiger partial charge in [-0.2, -0.15) is 0 Å². The zero-order valence-corrected chi connectivity index (χ0v) is 13.9. The van der Waals surface area contributed by atoms with Crippen molar-refractivity contribution in [3.63, 3.8) is 0 Å². The summed E-state index contributed by atoms with van der Waals surface area (Å²) in [5.41, 5.74) is 7.81. The molecule has 1 amide bonds. The average molecular weight is 345 g/mol. The Kier molecular flexibility index (Phi) is 7.16. The fraction of sp³-hybridized carbons (Fsp3) is 0.400. The van der Waals surface area contributed by atoms with E-state index in [9.17, 15) is 4.79 Å². The third-order valence-electron chi connectivity index (χ3n) is 3.89. The molecule has 3 rings (SSSR count). The van der Waals surface area contributed by atoms with E-state index in [1.54, 1.807) is 0 Å². The number of hydrogen-bond donors (Lipinski definition) is 3. The van der Waals surface area contributed by atoms with Gasteiger partial charge in [0, 0.05) is 42.8 Å². The molecule has 7 heteroatoms. The number of H-pyrrole nitrogens is 1. The second-order valence-electron chi connectivity index (χ2n) is 5.35. The monoisotopic (exact) mass is 344 g/mol. The van der Waals surface area contributed by atoms with Crippen molar-refractivity contribution in [3.05, 3.63) is 36.0 Å². The normalized spacial score (nSPS) is 17.8. The number of benzene rings is 1. The number of carbonyl (C=O) groups excluding carboxylic acids is 1. The van der Waals surface area contributed by atoms with E-state index < -0.39 is 0 Å². The minimum atomic E-state index is -0.0658. The van der Waals surface area contributed by atoms with E-state index in [-0.39, 0.29) is 43.3 Å². The number of carbonyl (C=O) groups is 1. The number of halogens is 2. The summed E-state index contributed by atoms with van der Waals surface area (Å²) in [7, 11) is 0. The third-order valence-corrected chi connectivity index (χ3v) is 3.89. The van der Waals surface area contributed by atoms with Gasteiger partial charge in [-0.25, -0.2) is 0 Å². The van der Waals surface area contributed by atoms with Crippen LogP contribution in [0.15, 0.2) is 30.5 Å². The predicted octanol–water partition coefficient (Wildman–Crippen LogP) is 1.66.